The predicted octanol–water partition coefficient (Wildman–Crippen LogP) is 4.43. The van der Waals surface area contributed by atoms with Crippen molar-refractivity contribution < 1.29 is 13.3 Å². The minimum atomic E-state index is -1.48. The summed E-state index contributed by atoms with van der Waals surface area (Å²) >= 11 is -1.48. The highest BCUT2D eigenvalue weighted by atomic mass is 32.2. The van der Waals surface area contributed by atoms with Gasteiger partial charge in [0.2, 0.25) is 0 Å². The van der Waals surface area contributed by atoms with Crippen LogP contribution in [0.2, 0.25) is 0 Å². The summed E-state index contributed by atoms with van der Waals surface area (Å²) in [4.78, 5) is 15.4. The molecule has 3 aromatic heterocycles. The quantitative estimate of drug-likeness (QED) is 0.329. The molecule has 8 nitrogen and oxygen atoms in total. The van der Waals surface area contributed by atoms with Gasteiger partial charge in [-0.15, -0.1) is 0 Å². The Kier molecular flexibility index (Phi) is 7.54. The minimum Gasteiger partial charge on any atom is -0.593 e. The van der Waals surface area contributed by atoms with Crippen LogP contribution >= 0.6 is 0 Å². The number of rotatable bonds is 8. The van der Waals surface area contributed by atoms with Gasteiger partial charge in [0.05, 0.1) is 22.4 Å². The van der Waals surface area contributed by atoms with Gasteiger partial charge in [-0.2, -0.15) is 0 Å². The summed E-state index contributed by atoms with van der Waals surface area (Å²) in [7, 11) is 2.03. The van der Waals surface area contributed by atoms with Gasteiger partial charge in [-0.1, -0.05) is 6.92 Å². The highest BCUT2D eigenvalue weighted by molar-refractivity contribution is 7.92. The summed E-state index contributed by atoms with van der Waals surface area (Å²) in [6.07, 6.45) is 9.06. The van der Waals surface area contributed by atoms with Crippen molar-refractivity contribution in [3.05, 3.63) is 60.8 Å². The smallest absolute Gasteiger partial charge is 0.177 e. The predicted molar refractivity (Wildman–Crippen MR) is 143 cm³/mol. The first kappa shape index (κ1) is 25.4. The minimum absolute atomic E-state index is 0.0233. The molecular weight excluding hydrogens is 496 g/mol. The third-order valence-electron chi connectivity index (χ3n) is 6.64. The Morgan fingerprint density at radius 1 is 1.16 bits per heavy atom. The summed E-state index contributed by atoms with van der Waals surface area (Å²) < 4.78 is 47.2. The SMILES string of the molecule is CCC[S+]([O-])Nc1ccc(F)c(-n2cc(-c3cncnc3)c3nc(N(C)C4CCNCC4)ccc32)c1F. The van der Waals surface area contributed by atoms with E-state index < -0.39 is 23.0 Å². The number of hydrogen-bond acceptors (Lipinski definition) is 7. The van der Waals surface area contributed by atoms with E-state index in [-0.39, 0.29) is 11.4 Å². The fraction of sp³-hybridized carbons (Fsp3) is 0.346. The van der Waals surface area contributed by atoms with Crippen LogP contribution in [-0.2, 0) is 11.4 Å². The molecule has 0 spiro atoms. The first-order valence-corrected chi connectivity index (χ1v) is 13.6. The van der Waals surface area contributed by atoms with Crippen LogP contribution in [0.3, 0.4) is 0 Å². The first-order valence-electron chi connectivity index (χ1n) is 12.3. The molecule has 1 aliphatic rings. The number of fused-ring (bicyclic) bond motifs is 1. The molecule has 11 heteroatoms. The topological polar surface area (TPSA) is 94.0 Å². The number of piperidine rings is 1. The molecule has 1 atom stereocenters. The second-order valence-electron chi connectivity index (χ2n) is 9.08. The second kappa shape index (κ2) is 11.0. The Morgan fingerprint density at radius 2 is 1.92 bits per heavy atom. The first-order chi connectivity index (χ1) is 18.0. The number of pyridine rings is 1. The molecule has 4 heterocycles. The molecule has 0 radical (unpaired) electrons. The molecule has 0 bridgehead atoms. The molecule has 0 saturated carbocycles. The molecule has 37 heavy (non-hydrogen) atoms. The third kappa shape index (κ3) is 5.11. The monoisotopic (exact) mass is 525 g/mol. The molecule has 5 rings (SSSR count). The van der Waals surface area contributed by atoms with Crippen LogP contribution in [0.25, 0.3) is 27.8 Å². The average Bonchev–Trinajstić information content (AvgIpc) is 3.29. The Balaban J connectivity index is 1.65. The lowest BCUT2D eigenvalue weighted by atomic mass is 10.1. The van der Waals surface area contributed by atoms with Crippen LogP contribution in [0.5, 0.6) is 0 Å². The Bertz CT molecular complexity index is 1380. The molecule has 1 aliphatic heterocycles. The standard InChI is InChI=1S/C26H29F2N7OS/c1-3-12-37(36)33-21-5-4-20(27)26(24(21)28)35-15-19(17-13-30-16-31-14-17)25-22(35)6-7-23(32-25)34(2)18-8-10-29-11-9-18/h4-7,13-16,18,29,33H,3,8-12H2,1-2H3. The zero-order valence-electron chi connectivity index (χ0n) is 20.7. The van der Waals surface area contributed by atoms with Gasteiger partial charge in [-0.3, -0.25) is 0 Å². The molecule has 1 aromatic carbocycles. The summed E-state index contributed by atoms with van der Waals surface area (Å²) in [5.41, 5.74) is 2.16. The lowest BCUT2D eigenvalue weighted by molar-refractivity contribution is 0.442. The van der Waals surface area contributed by atoms with Gasteiger partial charge in [-0.25, -0.2) is 28.5 Å². The average molecular weight is 526 g/mol. The second-order valence-corrected chi connectivity index (χ2v) is 10.4. The van der Waals surface area contributed by atoms with Crippen LogP contribution in [0.4, 0.5) is 20.3 Å². The maximum absolute atomic E-state index is 15.7. The van der Waals surface area contributed by atoms with Crippen LogP contribution in [-0.4, -0.2) is 56.0 Å². The Labute approximate surface area is 217 Å². The van der Waals surface area contributed by atoms with E-state index in [1.807, 2.05) is 26.1 Å². The number of hydrogen-bond donors (Lipinski definition) is 2. The molecule has 194 valence electrons. The van der Waals surface area contributed by atoms with Gasteiger partial charge in [0.1, 0.15) is 35.1 Å². The molecule has 0 aliphatic carbocycles. The maximum atomic E-state index is 15.7. The largest absolute Gasteiger partial charge is 0.593 e. The van der Waals surface area contributed by atoms with Crippen LogP contribution < -0.4 is 14.9 Å². The summed E-state index contributed by atoms with van der Waals surface area (Å²) in [6, 6.07) is 6.49. The molecule has 2 N–H and O–H groups in total. The summed E-state index contributed by atoms with van der Waals surface area (Å²) in [6.45, 7) is 3.79. The zero-order chi connectivity index (χ0) is 25.9. The number of benzene rings is 1. The van der Waals surface area contributed by atoms with Crippen LogP contribution in [0.1, 0.15) is 26.2 Å². The normalized spacial score (nSPS) is 15.2. The summed E-state index contributed by atoms with van der Waals surface area (Å²) in [5, 5.41) is 3.38. The molecule has 1 saturated heterocycles. The van der Waals surface area contributed by atoms with E-state index in [0.29, 0.717) is 40.4 Å². The van der Waals surface area contributed by atoms with Gasteiger partial charge in [-0.05, 0) is 56.6 Å². The van der Waals surface area contributed by atoms with E-state index in [0.717, 1.165) is 31.7 Å². The van der Waals surface area contributed by atoms with E-state index >= 15 is 8.78 Å². The highest BCUT2D eigenvalue weighted by Gasteiger charge is 2.24. The van der Waals surface area contributed by atoms with Crippen molar-refractivity contribution in [1.29, 1.82) is 0 Å². The Morgan fingerprint density at radius 3 is 2.65 bits per heavy atom. The molecule has 0 amide bonds. The van der Waals surface area contributed by atoms with E-state index in [1.165, 1.54) is 23.0 Å². The number of nitrogens with one attached hydrogen (secondary N) is 2. The van der Waals surface area contributed by atoms with Crippen molar-refractivity contribution in [3.63, 3.8) is 0 Å². The van der Waals surface area contributed by atoms with Crippen molar-refractivity contribution in [2.75, 3.05) is 35.5 Å². The number of anilines is 2. The van der Waals surface area contributed by atoms with E-state index in [2.05, 4.69) is 24.9 Å². The molecule has 4 aromatic rings. The van der Waals surface area contributed by atoms with E-state index in [4.69, 9.17) is 4.98 Å². The number of halogens is 2. The van der Waals surface area contributed by atoms with Crippen LogP contribution in [0.15, 0.2) is 49.2 Å². The molecular formula is C26H29F2N7OS. The van der Waals surface area contributed by atoms with E-state index in [1.54, 1.807) is 18.6 Å². The molecule has 1 fully saturated rings. The van der Waals surface area contributed by atoms with Crippen molar-refractivity contribution in [3.8, 4) is 16.8 Å². The van der Waals surface area contributed by atoms with Crippen molar-refractivity contribution >= 4 is 33.9 Å². The third-order valence-corrected chi connectivity index (χ3v) is 7.87. The lowest BCUT2D eigenvalue weighted by Gasteiger charge is -2.32. The maximum Gasteiger partial charge on any atom is 0.177 e. The number of aromatic nitrogens is 4. The van der Waals surface area contributed by atoms with Gasteiger partial charge in [0.15, 0.2) is 5.82 Å². The number of nitrogens with zero attached hydrogens (tertiary/aromatic N) is 5. The zero-order valence-corrected chi connectivity index (χ0v) is 21.6. The summed E-state index contributed by atoms with van der Waals surface area (Å²) in [5.74, 6) is -0.434. The van der Waals surface area contributed by atoms with Crippen LogP contribution in [0, 0.1) is 11.6 Å². The highest BCUT2D eigenvalue weighted by Crippen LogP contribution is 2.35. The van der Waals surface area contributed by atoms with Gasteiger partial charge < -0.3 is 19.3 Å². The van der Waals surface area contributed by atoms with Crippen molar-refractivity contribution in [2.45, 2.75) is 32.2 Å². The fourth-order valence-corrected chi connectivity index (χ4v) is 5.58. The van der Waals surface area contributed by atoms with Crippen molar-refractivity contribution in [1.82, 2.24) is 24.8 Å². The Hall–Kier alpha value is -3.28. The van der Waals surface area contributed by atoms with Gasteiger partial charge in [0, 0.05) is 42.8 Å². The van der Waals surface area contributed by atoms with Crippen molar-refractivity contribution in [2.24, 2.45) is 0 Å². The van der Waals surface area contributed by atoms with Gasteiger partial charge in [0.25, 0.3) is 0 Å². The van der Waals surface area contributed by atoms with E-state index in [9.17, 15) is 4.55 Å². The fourth-order valence-electron chi connectivity index (χ4n) is 4.71. The van der Waals surface area contributed by atoms with Gasteiger partial charge >= 0.3 is 0 Å². The molecule has 1 unspecified atom stereocenters. The lowest BCUT2D eigenvalue weighted by Crippen LogP contribution is -2.41.